The monoisotopic (exact) mass is 398 g/mol. The van der Waals surface area contributed by atoms with Crippen LogP contribution in [0.3, 0.4) is 0 Å². The standard InChI is InChI=1S/C23H26O6/c1-13(9-14(2)7-8-24)5-6-17-10-16-11-19(26)23(4)21(18(16)12-28-17)20(15(3)25)22(27)29-23/h5-6,9-12,14,20-21,24H,7-8H2,1-4H3/b6-5+,13-9+. The molecule has 1 N–H and O–H groups in total. The van der Waals surface area contributed by atoms with Crippen molar-refractivity contribution >= 4 is 17.5 Å². The van der Waals surface area contributed by atoms with Gasteiger partial charge < -0.3 is 14.6 Å². The molecule has 1 fully saturated rings. The highest BCUT2D eigenvalue weighted by Crippen LogP contribution is 2.49. The summed E-state index contributed by atoms with van der Waals surface area (Å²) in [5.41, 5.74) is 0.899. The zero-order chi connectivity index (χ0) is 21.3. The van der Waals surface area contributed by atoms with Crippen LogP contribution in [0.4, 0.5) is 0 Å². The Kier molecular flexibility index (Phi) is 5.75. The van der Waals surface area contributed by atoms with Crippen LogP contribution >= 0.6 is 0 Å². The number of esters is 1. The Balaban J connectivity index is 1.86. The molecular formula is C23H26O6. The third kappa shape index (κ3) is 3.90. The first kappa shape index (κ1) is 21.0. The highest BCUT2D eigenvalue weighted by Gasteiger charge is 2.61. The summed E-state index contributed by atoms with van der Waals surface area (Å²) in [6.45, 7) is 7.02. The van der Waals surface area contributed by atoms with E-state index in [0.29, 0.717) is 23.3 Å². The minimum atomic E-state index is -1.38. The van der Waals surface area contributed by atoms with Crippen LogP contribution < -0.4 is 0 Å². The van der Waals surface area contributed by atoms with Crippen LogP contribution in [-0.4, -0.2) is 34.9 Å². The lowest BCUT2D eigenvalue weighted by Gasteiger charge is -2.35. The van der Waals surface area contributed by atoms with Crippen molar-refractivity contribution in [3.63, 3.8) is 0 Å². The van der Waals surface area contributed by atoms with Gasteiger partial charge in [-0.05, 0) is 56.9 Å². The second-order valence-corrected chi connectivity index (χ2v) is 8.03. The fraction of sp³-hybridized carbons (Fsp3) is 0.435. The lowest BCUT2D eigenvalue weighted by Crippen LogP contribution is -2.46. The molecule has 3 rings (SSSR count). The van der Waals surface area contributed by atoms with Crippen LogP contribution in [0.15, 0.2) is 59.1 Å². The van der Waals surface area contributed by atoms with Crippen LogP contribution in [0.2, 0.25) is 0 Å². The predicted octanol–water partition coefficient (Wildman–Crippen LogP) is 2.95. The van der Waals surface area contributed by atoms with Gasteiger partial charge in [0.25, 0.3) is 0 Å². The maximum Gasteiger partial charge on any atom is 0.318 e. The van der Waals surface area contributed by atoms with Crippen LogP contribution in [0.25, 0.3) is 0 Å². The second kappa shape index (κ2) is 7.95. The summed E-state index contributed by atoms with van der Waals surface area (Å²) in [4.78, 5) is 37.0. The summed E-state index contributed by atoms with van der Waals surface area (Å²) in [6.07, 6.45) is 11.1. The van der Waals surface area contributed by atoms with Gasteiger partial charge in [-0.25, -0.2) is 0 Å². The Labute approximate surface area is 170 Å². The van der Waals surface area contributed by atoms with E-state index in [1.54, 1.807) is 19.1 Å². The summed E-state index contributed by atoms with van der Waals surface area (Å²) < 4.78 is 11.1. The fourth-order valence-corrected chi connectivity index (χ4v) is 4.10. The molecule has 0 saturated carbocycles. The highest BCUT2D eigenvalue weighted by atomic mass is 16.6. The van der Waals surface area contributed by atoms with E-state index in [0.717, 1.165) is 5.57 Å². The predicted molar refractivity (Wildman–Crippen MR) is 106 cm³/mol. The van der Waals surface area contributed by atoms with E-state index in [4.69, 9.17) is 14.6 Å². The number of ether oxygens (including phenoxy) is 2. The van der Waals surface area contributed by atoms with Gasteiger partial charge in [0, 0.05) is 12.2 Å². The van der Waals surface area contributed by atoms with Crippen LogP contribution in [0, 0.1) is 17.8 Å². The van der Waals surface area contributed by atoms with Gasteiger partial charge in [-0.15, -0.1) is 0 Å². The molecular weight excluding hydrogens is 372 g/mol. The van der Waals surface area contributed by atoms with E-state index in [1.165, 1.54) is 19.3 Å². The molecule has 1 aliphatic carbocycles. The summed E-state index contributed by atoms with van der Waals surface area (Å²) in [6, 6.07) is 0. The lowest BCUT2D eigenvalue weighted by molar-refractivity contribution is -0.156. The second-order valence-electron chi connectivity index (χ2n) is 8.03. The van der Waals surface area contributed by atoms with Crippen LogP contribution in [-0.2, 0) is 23.9 Å². The number of hydrogen-bond donors (Lipinski definition) is 1. The van der Waals surface area contributed by atoms with Crippen LogP contribution in [0.1, 0.15) is 34.1 Å². The van der Waals surface area contributed by atoms with Gasteiger partial charge in [0.1, 0.15) is 17.5 Å². The molecule has 29 heavy (non-hydrogen) atoms. The number of carbonyl (C=O) groups excluding carboxylic acids is 3. The van der Waals surface area contributed by atoms with Crippen molar-refractivity contribution < 1.29 is 29.0 Å². The number of hydrogen-bond acceptors (Lipinski definition) is 6. The Morgan fingerprint density at radius 2 is 2.03 bits per heavy atom. The van der Waals surface area contributed by atoms with E-state index in [9.17, 15) is 14.4 Å². The van der Waals surface area contributed by atoms with Crippen molar-refractivity contribution in [2.75, 3.05) is 6.61 Å². The maximum absolute atomic E-state index is 12.7. The minimum Gasteiger partial charge on any atom is -0.465 e. The van der Waals surface area contributed by atoms with Crippen LogP contribution in [0.5, 0.6) is 0 Å². The van der Waals surface area contributed by atoms with Gasteiger partial charge in [-0.3, -0.25) is 14.4 Å². The van der Waals surface area contributed by atoms with E-state index in [2.05, 4.69) is 6.08 Å². The Morgan fingerprint density at radius 1 is 1.31 bits per heavy atom. The first-order valence-corrected chi connectivity index (χ1v) is 9.73. The first-order valence-electron chi connectivity index (χ1n) is 9.73. The van der Waals surface area contributed by atoms with Crippen molar-refractivity contribution in [1.29, 1.82) is 0 Å². The average Bonchev–Trinajstić information content (AvgIpc) is 2.92. The van der Waals surface area contributed by atoms with Crippen molar-refractivity contribution in [1.82, 2.24) is 0 Å². The molecule has 4 unspecified atom stereocenters. The normalized spacial score (nSPS) is 30.0. The van der Waals surface area contributed by atoms with Crippen molar-refractivity contribution in [2.24, 2.45) is 17.8 Å². The van der Waals surface area contributed by atoms with E-state index < -0.39 is 23.4 Å². The topological polar surface area (TPSA) is 89.9 Å². The first-order chi connectivity index (χ1) is 13.7. The molecule has 0 aromatic rings. The highest BCUT2D eigenvalue weighted by molar-refractivity contribution is 6.09. The molecule has 3 aliphatic rings. The molecule has 0 amide bonds. The number of ketones is 2. The average molecular weight is 398 g/mol. The van der Waals surface area contributed by atoms with Gasteiger partial charge in [-0.1, -0.05) is 24.6 Å². The molecule has 0 spiro atoms. The molecule has 1 saturated heterocycles. The van der Waals surface area contributed by atoms with E-state index in [-0.39, 0.29) is 24.1 Å². The molecule has 0 bridgehead atoms. The zero-order valence-corrected chi connectivity index (χ0v) is 17.1. The third-order valence-electron chi connectivity index (χ3n) is 5.64. The van der Waals surface area contributed by atoms with Crippen molar-refractivity contribution in [2.45, 2.75) is 39.7 Å². The van der Waals surface area contributed by atoms with Crippen molar-refractivity contribution in [3.8, 4) is 0 Å². The molecule has 4 atom stereocenters. The maximum atomic E-state index is 12.7. The number of aliphatic hydroxyl groups is 1. The smallest absolute Gasteiger partial charge is 0.318 e. The Hall–Kier alpha value is -2.73. The van der Waals surface area contributed by atoms with E-state index in [1.807, 2.05) is 19.9 Å². The number of Topliss-reactive ketones (excluding diaryl/α,β-unsaturated/α-hetero) is 1. The molecule has 154 valence electrons. The Bertz CT molecular complexity index is 900. The summed E-state index contributed by atoms with van der Waals surface area (Å²) in [5.74, 6) is -2.22. The number of rotatable bonds is 6. The van der Waals surface area contributed by atoms with Crippen molar-refractivity contribution in [3.05, 3.63) is 59.1 Å². The fourth-order valence-electron chi connectivity index (χ4n) is 4.10. The quantitative estimate of drug-likeness (QED) is 0.420. The van der Waals surface area contributed by atoms with Gasteiger partial charge in [0.2, 0.25) is 0 Å². The molecule has 0 radical (unpaired) electrons. The molecule has 2 heterocycles. The number of allylic oxidation sites excluding steroid dienone is 6. The van der Waals surface area contributed by atoms with Gasteiger partial charge in [-0.2, -0.15) is 0 Å². The molecule has 6 nitrogen and oxygen atoms in total. The minimum absolute atomic E-state index is 0.145. The molecule has 0 aromatic heterocycles. The van der Waals surface area contributed by atoms with E-state index >= 15 is 0 Å². The largest absolute Gasteiger partial charge is 0.465 e. The Morgan fingerprint density at radius 3 is 2.69 bits per heavy atom. The summed E-state index contributed by atoms with van der Waals surface area (Å²) >= 11 is 0. The molecule has 0 aromatic carbocycles. The third-order valence-corrected chi connectivity index (χ3v) is 5.64. The molecule has 2 aliphatic heterocycles. The SMILES string of the molecule is CC(=O)C1C(=O)OC2(C)C(=O)C=C3C=C(/C=C/C(C)=C/C(C)CCO)OC=C3C12. The van der Waals surface area contributed by atoms with Gasteiger partial charge >= 0.3 is 5.97 Å². The number of aliphatic hydroxyl groups excluding tert-OH is 1. The van der Waals surface area contributed by atoms with Gasteiger partial charge in [0.05, 0.1) is 12.2 Å². The summed E-state index contributed by atoms with van der Waals surface area (Å²) in [5, 5.41) is 9.00. The molecule has 6 heteroatoms. The van der Waals surface area contributed by atoms with Gasteiger partial charge in [0.15, 0.2) is 11.4 Å². The lowest BCUT2D eigenvalue weighted by atomic mass is 9.68. The zero-order valence-electron chi connectivity index (χ0n) is 17.1. The summed E-state index contributed by atoms with van der Waals surface area (Å²) in [7, 11) is 0. The number of carbonyl (C=O) groups is 3. The number of fused-ring (bicyclic) bond motifs is 3.